The van der Waals surface area contributed by atoms with Gasteiger partial charge < -0.3 is 9.47 Å². The van der Waals surface area contributed by atoms with E-state index >= 15 is 0 Å². The van der Waals surface area contributed by atoms with Gasteiger partial charge in [-0.25, -0.2) is 8.42 Å². The minimum Gasteiger partial charge on any atom is -0.497 e. The van der Waals surface area contributed by atoms with Crippen molar-refractivity contribution in [1.82, 2.24) is 4.41 Å². The summed E-state index contributed by atoms with van der Waals surface area (Å²) in [7, 11) is -4.34. The van der Waals surface area contributed by atoms with Gasteiger partial charge in [0.1, 0.15) is 11.5 Å². The molecule has 9 nitrogen and oxygen atoms in total. The molecule has 0 radical (unpaired) electrons. The van der Waals surface area contributed by atoms with Gasteiger partial charge in [-0.1, -0.05) is 24.3 Å². The van der Waals surface area contributed by atoms with Crippen LogP contribution in [-0.2, 0) is 20.0 Å². The van der Waals surface area contributed by atoms with E-state index in [9.17, 15) is 16.8 Å². The van der Waals surface area contributed by atoms with Gasteiger partial charge in [0.05, 0.1) is 36.6 Å². The van der Waals surface area contributed by atoms with Gasteiger partial charge in [0.15, 0.2) is 0 Å². The Kier molecular flexibility index (Phi) is 7.23. The van der Waals surface area contributed by atoms with Crippen LogP contribution in [0, 0.1) is 0 Å². The van der Waals surface area contributed by atoms with E-state index in [1.807, 2.05) is 6.07 Å². The summed E-state index contributed by atoms with van der Waals surface area (Å²) in [5.41, 5.74) is 2.41. The summed E-state index contributed by atoms with van der Waals surface area (Å²) in [4.78, 5) is 0.0884. The Bertz CT molecular complexity index is 1470. The summed E-state index contributed by atoms with van der Waals surface area (Å²) in [6.07, 6.45) is 0.322. The molecule has 3 aromatic rings. The maximum Gasteiger partial charge on any atom is 0.279 e. The van der Waals surface area contributed by atoms with Crippen molar-refractivity contribution in [2.45, 2.75) is 24.3 Å². The standard InChI is InChI=1S/C25H27N3O6S2/c1-4-35(29,30)27-20-10-8-18(9-11-20)24-17-25(19-6-5-7-22(16-19)34-3)28(26-24)36(31,32)23-14-12-21(33-2)13-15-23/h5-16,25,27H,4,17H2,1-3H3/t25-/m1/s1. The fourth-order valence-corrected chi connectivity index (χ4v) is 5.89. The number of ether oxygens (including phenoxy) is 2. The highest BCUT2D eigenvalue weighted by Gasteiger charge is 2.38. The number of nitrogens with one attached hydrogen (secondary N) is 1. The third kappa shape index (κ3) is 5.31. The van der Waals surface area contributed by atoms with E-state index in [0.717, 1.165) is 9.98 Å². The largest absolute Gasteiger partial charge is 0.497 e. The fourth-order valence-electron chi connectivity index (χ4n) is 3.82. The van der Waals surface area contributed by atoms with E-state index in [2.05, 4.69) is 9.82 Å². The van der Waals surface area contributed by atoms with Gasteiger partial charge in [0, 0.05) is 12.1 Å². The molecular formula is C25H27N3O6S2. The van der Waals surface area contributed by atoms with Gasteiger partial charge in [0.2, 0.25) is 10.0 Å². The van der Waals surface area contributed by atoms with Gasteiger partial charge in [-0.05, 0) is 66.6 Å². The first-order chi connectivity index (χ1) is 17.2. The SMILES string of the molecule is CCS(=O)(=O)Nc1ccc(C2=NN(S(=O)(=O)c3ccc(OC)cc3)[C@@H](c3cccc(OC)c3)C2)cc1. The zero-order chi connectivity index (χ0) is 25.9. The number of anilines is 1. The number of hydrazone groups is 1. The third-order valence-electron chi connectivity index (χ3n) is 5.83. The molecule has 1 atom stereocenters. The number of nitrogens with zero attached hydrogens (tertiary/aromatic N) is 2. The van der Waals surface area contributed by atoms with E-state index in [1.165, 1.54) is 19.2 Å². The predicted molar refractivity (Wildman–Crippen MR) is 138 cm³/mol. The van der Waals surface area contributed by atoms with Crippen molar-refractivity contribution in [3.8, 4) is 11.5 Å². The lowest BCUT2D eigenvalue weighted by Crippen LogP contribution is -2.27. The molecule has 0 aliphatic carbocycles. The molecule has 190 valence electrons. The lowest BCUT2D eigenvalue weighted by molar-refractivity contribution is 0.368. The van der Waals surface area contributed by atoms with Crippen LogP contribution >= 0.6 is 0 Å². The Morgan fingerprint density at radius 2 is 1.58 bits per heavy atom. The topological polar surface area (TPSA) is 114 Å². The van der Waals surface area contributed by atoms with Crippen molar-refractivity contribution < 1.29 is 26.3 Å². The molecule has 1 N–H and O–H groups in total. The van der Waals surface area contributed by atoms with Crippen LogP contribution in [0.5, 0.6) is 11.5 Å². The zero-order valence-electron chi connectivity index (χ0n) is 20.1. The van der Waals surface area contributed by atoms with E-state index in [-0.39, 0.29) is 10.6 Å². The van der Waals surface area contributed by atoms with Crippen LogP contribution in [0.4, 0.5) is 5.69 Å². The molecule has 0 amide bonds. The van der Waals surface area contributed by atoms with E-state index < -0.39 is 26.1 Å². The molecule has 4 rings (SSSR count). The first-order valence-electron chi connectivity index (χ1n) is 11.2. The van der Waals surface area contributed by atoms with Crippen LogP contribution in [0.2, 0.25) is 0 Å². The number of sulfonamides is 2. The van der Waals surface area contributed by atoms with Crippen LogP contribution in [0.25, 0.3) is 0 Å². The summed E-state index contributed by atoms with van der Waals surface area (Å²) in [5.74, 6) is 1.11. The maximum absolute atomic E-state index is 13.7. The van der Waals surface area contributed by atoms with Crippen LogP contribution in [0.15, 0.2) is 82.8 Å². The molecule has 0 unspecified atom stereocenters. The van der Waals surface area contributed by atoms with Crippen molar-refractivity contribution in [2.24, 2.45) is 5.10 Å². The van der Waals surface area contributed by atoms with E-state index in [0.29, 0.717) is 34.9 Å². The molecule has 11 heteroatoms. The second-order valence-electron chi connectivity index (χ2n) is 8.08. The number of rotatable bonds is 9. The number of methoxy groups -OCH3 is 2. The van der Waals surface area contributed by atoms with Crippen molar-refractivity contribution in [2.75, 3.05) is 24.7 Å². The normalized spacial score (nSPS) is 15.9. The lowest BCUT2D eigenvalue weighted by atomic mass is 9.99. The fraction of sp³-hybridized carbons (Fsp3) is 0.240. The molecule has 36 heavy (non-hydrogen) atoms. The summed E-state index contributed by atoms with van der Waals surface area (Å²) < 4.78 is 65.2. The highest BCUT2D eigenvalue weighted by atomic mass is 32.2. The smallest absolute Gasteiger partial charge is 0.279 e. The Morgan fingerprint density at radius 3 is 2.19 bits per heavy atom. The second kappa shape index (κ2) is 10.2. The minimum atomic E-state index is -4.00. The van der Waals surface area contributed by atoms with E-state index in [4.69, 9.17) is 9.47 Å². The molecule has 1 aliphatic rings. The summed E-state index contributed by atoms with van der Waals surface area (Å²) in [5, 5.41) is 4.53. The van der Waals surface area contributed by atoms with Crippen molar-refractivity contribution in [3.63, 3.8) is 0 Å². The molecule has 0 aromatic heterocycles. The minimum absolute atomic E-state index is 0.0398. The molecule has 0 saturated carbocycles. The number of hydrogen-bond donors (Lipinski definition) is 1. The first kappa shape index (κ1) is 25.5. The second-order valence-corrected chi connectivity index (χ2v) is 11.9. The van der Waals surface area contributed by atoms with Crippen LogP contribution < -0.4 is 14.2 Å². The van der Waals surface area contributed by atoms with Crippen LogP contribution in [0.3, 0.4) is 0 Å². The summed E-state index contributed by atoms with van der Waals surface area (Å²) in [6, 6.07) is 19.5. The van der Waals surface area contributed by atoms with Crippen LogP contribution in [0.1, 0.15) is 30.5 Å². The predicted octanol–water partition coefficient (Wildman–Crippen LogP) is 4.01. The average Bonchev–Trinajstić information content (AvgIpc) is 3.35. The summed E-state index contributed by atoms with van der Waals surface area (Å²) in [6.45, 7) is 1.56. The van der Waals surface area contributed by atoms with Gasteiger partial charge in [-0.3, -0.25) is 4.72 Å². The molecular weight excluding hydrogens is 502 g/mol. The Morgan fingerprint density at radius 1 is 0.917 bits per heavy atom. The van der Waals surface area contributed by atoms with Crippen molar-refractivity contribution in [1.29, 1.82) is 0 Å². The van der Waals surface area contributed by atoms with Crippen molar-refractivity contribution in [3.05, 3.63) is 83.9 Å². The van der Waals surface area contributed by atoms with Crippen molar-refractivity contribution >= 4 is 31.4 Å². The monoisotopic (exact) mass is 529 g/mol. The van der Waals surface area contributed by atoms with E-state index in [1.54, 1.807) is 68.6 Å². The highest BCUT2D eigenvalue weighted by Crippen LogP contribution is 2.38. The Balaban J connectivity index is 1.72. The van der Waals surface area contributed by atoms with Gasteiger partial charge in [-0.15, -0.1) is 0 Å². The van der Waals surface area contributed by atoms with Gasteiger partial charge >= 0.3 is 0 Å². The van der Waals surface area contributed by atoms with Gasteiger partial charge in [-0.2, -0.15) is 17.9 Å². The third-order valence-corrected chi connectivity index (χ3v) is 8.83. The molecule has 0 bridgehead atoms. The van der Waals surface area contributed by atoms with Gasteiger partial charge in [0.25, 0.3) is 10.0 Å². The molecule has 0 fully saturated rings. The average molecular weight is 530 g/mol. The lowest BCUT2D eigenvalue weighted by Gasteiger charge is -2.23. The van der Waals surface area contributed by atoms with Crippen LogP contribution in [-0.4, -0.2) is 46.9 Å². The highest BCUT2D eigenvalue weighted by molar-refractivity contribution is 7.92. The Labute approximate surface area is 211 Å². The quantitative estimate of drug-likeness (QED) is 0.448. The molecule has 0 spiro atoms. The zero-order valence-corrected chi connectivity index (χ0v) is 21.7. The first-order valence-corrected chi connectivity index (χ1v) is 14.3. The molecule has 1 heterocycles. The molecule has 0 saturated heterocycles. The number of hydrogen-bond acceptors (Lipinski definition) is 7. The summed E-state index contributed by atoms with van der Waals surface area (Å²) >= 11 is 0. The molecule has 3 aromatic carbocycles. The molecule has 1 aliphatic heterocycles. The number of benzene rings is 3. The maximum atomic E-state index is 13.7. The Hall–Kier alpha value is -3.57.